The second-order valence-electron chi connectivity index (χ2n) is 5.96. The first-order valence-corrected chi connectivity index (χ1v) is 8.76. The Balaban J connectivity index is 2.04. The molecular formula is C18H25N5O4. The summed E-state index contributed by atoms with van der Waals surface area (Å²) in [6.45, 7) is 3.47. The van der Waals surface area contributed by atoms with Crippen LogP contribution in [0.15, 0.2) is 29.1 Å². The first kappa shape index (κ1) is 20.5. The number of fused-ring (bicyclic) bond motifs is 1. The first-order chi connectivity index (χ1) is 13.0. The molecule has 9 heteroatoms. The van der Waals surface area contributed by atoms with Gasteiger partial charge in [-0.1, -0.05) is 12.1 Å². The smallest absolute Gasteiger partial charge is 0.258 e. The van der Waals surface area contributed by atoms with E-state index >= 15 is 0 Å². The lowest BCUT2D eigenvalue weighted by Gasteiger charge is -2.21. The average Bonchev–Trinajstić information content (AvgIpc) is 2.65. The van der Waals surface area contributed by atoms with E-state index in [1.807, 2.05) is 13.0 Å². The highest BCUT2D eigenvalue weighted by atomic mass is 16.5. The third-order valence-corrected chi connectivity index (χ3v) is 3.83. The van der Waals surface area contributed by atoms with Crippen molar-refractivity contribution >= 4 is 22.7 Å². The summed E-state index contributed by atoms with van der Waals surface area (Å²) < 4.78 is 5.09. The molecule has 2 rings (SSSR count). The van der Waals surface area contributed by atoms with Crippen molar-refractivity contribution in [1.82, 2.24) is 25.5 Å². The number of para-hydroxylation sites is 1. The molecule has 0 radical (unpaired) electrons. The van der Waals surface area contributed by atoms with Crippen LogP contribution in [0.2, 0.25) is 0 Å². The lowest BCUT2D eigenvalue weighted by atomic mass is 10.2. The normalized spacial score (nSPS) is 10.9. The summed E-state index contributed by atoms with van der Waals surface area (Å²) >= 11 is 0. The number of nitrogens with zero attached hydrogens (tertiary/aromatic N) is 2. The molecule has 1 heterocycles. The van der Waals surface area contributed by atoms with E-state index in [0.717, 1.165) is 0 Å². The monoisotopic (exact) mass is 375 g/mol. The summed E-state index contributed by atoms with van der Waals surface area (Å²) in [5.74, 6) is -0.0679. The second kappa shape index (κ2) is 10.4. The van der Waals surface area contributed by atoms with E-state index in [2.05, 4.69) is 20.6 Å². The number of hydrogen-bond acceptors (Lipinski definition) is 6. The molecule has 0 fully saturated rings. The molecule has 27 heavy (non-hydrogen) atoms. The zero-order chi connectivity index (χ0) is 19.6. The third-order valence-electron chi connectivity index (χ3n) is 3.83. The maximum absolute atomic E-state index is 12.2. The van der Waals surface area contributed by atoms with Crippen LogP contribution in [-0.4, -0.2) is 66.6 Å². The molecule has 0 saturated heterocycles. The number of nitrogens with one attached hydrogen (secondary N) is 3. The number of ether oxygens (including phenoxy) is 1. The minimum atomic E-state index is -0.291. The van der Waals surface area contributed by atoms with Crippen LogP contribution >= 0.6 is 0 Å². The van der Waals surface area contributed by atoms with Gasteiger partial charge in [-0.2, -0.15) is 0 Å². The summed E-state index contributed by atoms with van der Waals surface area (Å²) in [7, 11) is 1.57. The quantitative estimate of drug-likeness (QED) is 0.521. The van der Waals surface area contributed by atoms with Crippen LogP contribution in [0.1, 0.15) is 12.7 Å². The zero-order valence-corrected chi connectivity index (χ0v) is 15.6. The number of benzene rings is 1. The molecule has 0 aliphatic carbocycles. The van der Waals surface area contributed by atoms with Crippen LogP contribution in [0, 0.1) is 0 Å². The summed E-state index contributed by atoms with van der Waals surface area (Å²) in [5, 5.41) is 5.71. The summed E-state index contributed by atoms with van der Waals surface area (Å²) in [6, 6.07) is 7.08. The maximum Gasteiger partial charge on any atom is 0.258 e. The minimum Gasteiger partial charge on any atom is -0.383 e. The van der Waals surface area contributed by atoms with Crippen molar-refractivity contribution in [3.05, 3.63) is 40.4 Å². The van der Waals surface area contributed by atoms with Crippen molar-refractivity contribution in [3.8, 4) is 0 Å². The van der Waals surface area contributed by atoms with E-state index in [9.17, 15) is 14.4 Å². The van der Waals surface area contributed by atoms with Gasteiger partial charge in [-0.25, -0.2) is 4.98 Å². The van der Waals surface area contributed by atoms with Crippen LogP contribution in [0.4, 0.5) is 0 Å². The molecule has 1 aromatic carbocycles. The van der Waals surface area contributed by atoms with Gasteiger partial charge in [0.25, 0.3) is 5.56 Å². The molecule has 0 bridgehead atoms. The molecule has 9 nitrogen and oxygen atoms in total. The number of hydrogen-bond donors (Lipinski definition) is 3. The van der Waals surface area contributed by atoms with Gasteiger partial charge in [-0.3, -0.25) is 19.3 Å². The Morgan fingerprint density at radius 2 is 2.00 bits per heavy atom. The van der Waals surface area contributed by atoms with Gasteiger partial charge in [-0.05, 0) is 19.1 Å². The fourth-order valence-corrected chi connectivity index (χ4v) is 2.55. The molecule has 0 atom stereocenters. The highest BCUT2D eigenvalue weighted by Crippen LogP contribution is 2.07. The Kier molecular flexibility index (Phi) is 7.90. The highest BCUT2D eigenvalue weighted by Gasteiger charge is 2.14. The summed E-state index contributed by atoms with van der Waals surface area (Å²) in [6.07, 6.45) is 0. The molecule has 2 amide bonds. The molecule has 0 aliphatic rings. The van der Waals surface area contributed by atoms with E-state index in [-0.39, 0.29) is 37.0 Å². The van der Waals surface area contributed by atoms with E-state index in [4.69, 9.17) is 4.74 Å². The van der Waals surface area contributed by atoms with Crippen LogP contribution in [0.3, 0.4) is 0 Å². The Hall–Kier alpha value is -2.78. The Labute approximate surface area is 157 Å². The molecule has 0 spiro atoms. The Morgan fingerprint density at radius 3 is 2.74 bits per heavy atom. The van der Waals surface area contributed by atoms with Gasteiger partial charge >= 0.3 is 0 Å². The molecular weight excluding hydrogens is 350 g/mol. The van der Waals surface area contributed by atoms with Gasteiger partial charge in [0, 0.05) is 20.2 Å². The zero-order valence-electron chi connectivity index (χ0n) is 15.6. The molecule has 3 N–H and O–H groups in total. The van der Waals surface area contributed by atoms with Crippen molar-refractivity contribution < 1.29 is 14.3 Å². The number of rotatable bonds is 10. The second-order valence-corrected chi connectivity index (χ2v) is 5.96. The molecule has 1 aromatic heterocycles. The number of likely N-dealkylation sites (N-methyl/N-ethyl adjacent to an activating group) is 1. The standard InChI is InChI=1S/C18H25N5O4/c1-3-19-16(24)10-20-17(25)12-23(8-9-27-2)11-15-21-14-7-5-4-6-13(14)18(26)22-15/h4-7H,3,8-12H2,1-2H3,(H,19,24)(H,20,25)(H,21,22,26). The van der Waals surface area contributed by atoms with Gasteiger partial charge in [-0.15, -0.1) is 0 Å². The highest BCUT2D eigenvalue weighted by molar-refractivity contribution is 5.85. The average molecular weight is 375 g/mol. The van der Waals surface area contributed by atoms with E-state index in [1.54, 1.807) is 30.2 Å². The SMILES string of the molecule is CCNC(=O)CNC(=O)CN(CCOC)Cc1nc2ccccc2c(=O)[nH]1. The third kappa shape index (κ3) is 6.46. The first-order valence-electron chi connectivity index (χ1n) is 8.76. The summed E-state index contributed by atoms with van der Waals surface area (Å²) in [4.78, 5) is 44.8. The number of amides is 2. The topological polar surface area (TPSA) is 116 Å². The maximum atomic E-state index is 12.2. The van der Waals surface area contributed by atoms with Crippen LogP contribution < -0.4 is 16.2 Å². The molecule has 146 valence electrons. The van der Waals surface area contributed by atoms with E-state index in [0.29, 0.717) is 36.4 Å². The fraction of sp³-hybridized carbons (Fsp3) is 0.444. The van der Waals surface area contributed by atoms with Crippen LogP contribution in [0.5, 0.6) is 0 Å². The van der Waals surface area contributed by atoms with E-state index < -0.39 is 0 Å². The van der Waals surface area contributed by atoms with Crippen molar-refractivity contribution in [3.63, 3.8) is 0 Å². The van der Waals surface area contributed by atoms with Crippen molar-refractivity contribution in [2.24, 2.45) is 0 Å². The lowest BCUT2D eigenvalue weighted by Crippen LogP contribution is -2.42. The van der Waals surface area contributed by atoms with Gasteiger partial charge in [0.15, 0.2) is 0 Å². The minimum absolute atomic E-state index is 0.0549. The van der Waals surface area contributed by atoms with Gasteiger partial charge in [0.1, 0.15) is 5.82 Å². The Bertz CT molecular complexity index is 836. The number of carbonyl (C=O) groups excluding carboxylic acids is 2. The number of aromatic amines is 1. The summed E-state index contributed by atoms with van der Waals surface area (Å²) in [5.41, 5.74) is 0.381. The lowest BCUT2D eigenvalue weighted by molar-refractivity contribution is -0.126. The number of H-pyrrole nitrogens is 1. The predicted molar refractivity (Wildman–Crippen MR) is 101 cm³/mol. The van der Waals surface area contributed by atoms with Gasteiger partial charge in [0.05, 0.1) is 37.1 Å². The Morgan fingerprint density at radius 1 is 1.22 bits per heavy atom. The van der Waals surface area contributed by atoms with Gasteiger partial charge in [0.2, 0.25) is 11.8 Å². The van der Waals surface area contributed by atoms with Crippen LogP contribution in [0.25, 0.3) is 10.9 Å². The molecule has 0 unspecified atom stereocenters. The number of aromatic nitrogens is 2. The largest absolute Gasteiger partial charge is 0.383 e. The molecule has 2 aromatic rings. The molecule has 0 saturated carbocycles. The van der Waals surface area contributed by atoms with Crippen molar-refractivity contribution in [2.75, 3.05) is 39.9 Å². The van der Waals surface area contributed by atoms with Crippen molar-refractivity contribution in [1.29, 1.82) is 0 Å². The predicted octanol–water partition coefficient (Wildman–Crippen LogP) is -0.376. The van der Waals surface area contributed by atoms with Gasteiger partial charge < -0.3 is 20.4 Å². The van der Waals surface area contributed by atoms with Crippen molar-refractivity contribution in [2.45, 2.75) is 13.5 Å². The number of carbonyl (C=O) groups is 2. The molecule has 0 aliphatic heterocycles. The van der Waals surface area contributed by atoms with E-state index in [1.165, 1.54) is 0 Å². The fourth-order valence-electron chi connectivity index (χ4n) is 2.55. The van der Waals surface area contributed by atoms with Crippen LogP contribution in [-0.2, 0) is 20.9 Å². The number of methoxy groups -OCH3 is 1.